The van der Waals surface area contributed by atoms with Gasteiger partial charge >= 0.3 is 0 Å². The molecule has 0 spiro atoms. The summed E-state index contributed by atoms with van der Waals surface area (Å²) in [5, 5.41) is 0. The molecule has 3 rings (SSSR count). The molecule has 3 aromatic carbocycles. The molecule has 3 nitrogen and oxygen atoms in total. The van der Waals surface area contributed by atoms with Gasteiger partial charge in [0.15, 0.2) is 11.6 Å². The Hall–Kier alpha value is -2.80. The number of hydrogen-bond donors (Lipinski definition) is 1. The first-order valence-electron chi connectivity index (χ1n) is 7.20. The van der Waals surface area contributed by atoms with E-state index in [0.29, 0.717) is 5.56 Å². The van der Waals surface area contributed by atoms with Crippen LogP contribution in [0.3, 0.4) is 0 Å². The van der Waals surface area contributed by atoms with Crippen molar-refractivity contribution in [3.63, 3.8) is 0 Å². The second kappa shape index (κ2) is 6.60. The van der Waals surface area contributed by atoms with Crippen molar-refractivity contribution >= 4 is 15.7 Å². The van der Waals surface area contributed by atoms with Gasteiger partial charge in [0.2, 0.25) is 0 Å². The van der Waals surface area contributed by atoms with E-state index in [4.69, 9.17) is 0 Å². The first-order chi connectivity index (χ1) is 11.9. The first-order valence-corrected chi connectivity index (χ1v) is 8.68. The second-order valence-corrected chi connectivity index (χ2v) is 6.92. The zero-order chi connectivity index (χ0) is 18.0. The fourth-order valence-corrected chi connectivity index (χ4v) is 3.39. The molecule has 0 atom stereocenters. The van der Waals surface area contributed by atoms with E-state index in [1.807, 2.05) is 0 Å². The van der Waals surface area contributed by atoms with Crippen molar-refractivity contribution in [1.29, 1.82) is 0 Å². The van der Waals surface area contributed by atoms with Gasteiger partial charge in [-0.25, -0.2) is 21.6 Å². The molecule has 0 aromatic heterocycles. The molecule has 0 aliphatic heterocycles. The summed E-state index contributed by atoms with van der Waals surface area (Å²) in [4.78, 5) is -0.0233. The zero-order valence-electron chi connectivity index (χ0n) is 12.7. The van der Waals surface area contributed by atoms with E-state index in [0.717, 1.165) is 24.3 Å². The lowest BCUT2D eigenvalue weighted by atomic mass is 10.0. The Kier molecular flexibility index (Phi) is 4.50. The number of sulfonamides is 1. The molecule has 0 unspecified atom stereocenters. The lowest BCUT2D eigenvalue weighted by Crippen LogP contribution is -2.14. The third-order valence-electron chi connectivity index (χ3n) is 3.51. The highest BCUT2D eigenvalue weighted by Gasteiger charge is 2.19. The van der Waals surface area contributed by atoms with Crippen LogP contribution in [-0.2, 0) is 10.0 Å². The van der Waals surface area contributed by atoms with Crippen LogP contribution in [0.4, 0.5) is 18.9 Å². The summed E-state index contributed by atoms with van der Waals surface area (Å²) in [6.07, 6.45) is 0. The molecule has 128 valence electrons. The lowest BCUT2D eigenvalue weighted by molar-refractivity contribution is 0.509. The van der Waals surface area contributed by atoms with Crippen LogP contribution in [0.25, 0.3) is 11.1 Å². The van der Waals surface area contributed by atoms with Gasteiger partial charge in [-0.05, 0) is 35.9 Å². The largest absolute Gasteiger partial charge is 0.279 e. The summed E-state index contributed by atoms with van der Waals surface area (Å²) in [7, 11) is -3.99. The molecule has 0 aliphatic rings. The van der Waals surface area contributed by atoms with Crippen LogP contribution < -0.4 is 4.72 Å². The SMILES string of the molecule is O=S(=O)(Nc1cc(F)c(F)cc1-c1ccc(F)cc1)c1ccccc1. The van der Waals surface area contributed by atoms with Crippen molar-refractivity contribution in [3.05, 3.63) is 84.2 Å². The van der Waals surface area contributed by atoms with Crippen LogP contribution in [-0.4, -0.2) is 8.42 Å². The predicted octanol–water partition coefficient (Wildman–Crippen LogP) is 4.57. The topological polar surface area (TPSA) is 46.2 Å². The summed E-state index contributed by atoms with van der Waals surface area (Å²) in [6, 6.07) is 14.1. The van der Waals surface area contributed by atoms with Crippen molar-refractivity contribution in [2.45, 2.75) is 4.90 Å². The van der Waals surface area contributed by atoms with Gasteiger partial charge in [0.25, 0.3) is 10.0 Å². The van der Waals surface area contributed by atoms with Crippen LogP contribution in [0, 0.1) is 17.5 Å². The standard InChI is InChI=1S/C18H12F3NO2S/c19-13-8-6-12(7-9-13)15-10-16(20)17(21)11-18(15)22-25(23,24)14-4-2-1-3-5-14/h1-11,22H. The van der Waals surface area contributed by atoms with Gasteiger partial charge < -0.3 is 0 Å². The fourth-order valence-electron chi connectivity index (χ4n) is 2.30. The number of hydrogen-bond acceptors (Lipinski definition) is 2. The van der Waals surface area contributed by atoms with Gasteiger partial charge in [0, 0.05) is 11.6 Å². The summed E-state index contributed by atoms with van der Waals surface area (Å²) in [5.74, 6) is -2.84. The highest BCUT2D eigenvalue weighted by molar-refractivity contribution is 7.92. The number of benzene rings is 3. The first kappa shape index (κ1) is 17.0. The van der Waals surface area contributed by atoms with Crippen molar-refractivity contribution in [2.75, 3.05) is 4.72 Å². The fraction of sp³-hybridized carbons (Fsp3) is 0. The van der Waals surface area contributed by atoms with Crippen molar-refractivity contribution in [1.82, 2.24) is 0 Å². The number of anilines is 1. The van der Waals surface area contributed by atoms with E-state index in [-0.39, 0.29) is 16.1 Å². The monoisotopic (exact) mass is 363 g/mol. The Morgan fingerprint density at radius 1 is 0.760 bits per heavy atom. The molecular weight excluding hydrogens is 351 g/mol. The Labute approximate surface area is 142 Å². The molecule has 0 aliphatic carbocycles. The summed E-state index contributed by atoms with van der Waals surface area (Å²) in [6.45, 7) is 0. The highest BCUT2D eigenvalue weighted by Crippen LogP contribution is 2.32. The van der Waals surface area contributed by atoms with E-state index in [1.165, 1.54) is 24.3 Å². The van der Waals surface area contributed by atoms with Gasteiger partial charge in [-0.15, -0.1) is 0 Å². The Morgan fingerprint density at radius 3 is 2.00 bits per heavy atom. The van der Waals surface area contributed by atoms with E-state index in [1.54, 1.807) is 18.2 Å². The highest BCUT2D eigenvalue weighted by atomic mass is 32.2. The minimum absolute atomic E-state index is 0.0233. The molecule has 0 radical (unpaired) electrons. The van der Waals surface area contributed by atoms with Crippen LogP contribution in [0.15, 0.2) is 71.6 Å². The van der Waals surface area contributed by atoms with E-state index < -0.39 is 27.5 Å². The summed E-state index contributed by atoms with van der Waals surface area (Å²) >= 11 is 0. The van der Waals surface area contributed by atoms with Gasteiger partial charge in [0.1, 0.15) is 5.82 Å². The molecule has 0 amide bonds. The van der Waals surface area contributed by atoms with Gasteiger partial charge in [0.05, 0.1) is 10.6 Å². The Balaban J connectivity index is 2.09. The maximum absolute atomic E-state index is 13.7. The van der Waals surface area contributed by atoms with E-state index in [9.17, 15) is 21.6 Å². The third-order valence-corrected chi connectivity index (χ3v) is 4.89. The smallest absolute Gasteiger partial charge is 0.261 e. The molecule has 1 N–H and O–H groups in total. The molecular formula is C18H12F3NO2S. The van der Waals surface area contributed by atoms with E-state index in [2.05, 4.69) is 4.72 Å². The molecule has 0 saturated heterocycles. The normalized spacial score (nSPS) is 11.3. The number of halogens is 3. The van der Waals surface area contributed by atoms with Crippen molar-refractivity contribution in [2.24, 2.45) is 0 Å². The minimum Gasteiger partial charge on any atom is -0.279 e. The maximum Gasteiger partial charge on any atom is 0.261 e. The van der Waals surface area contributed by atoms with Crippen molar-refractivity contribution in [3.8, 4) is 11.1 Å². The predicted molar refractivity (Wildman–Crippen MR) is 89.0 cm³/mol. The van der Waals surface area contributed by atoms with Gasteiger partial charge in [-0.1, -0.05) is 30.3 Å². The lowest BCUT2D eigenvalue weighted by Gasteiger charge is -2.14. The van der Waals surface area contributed by atoms with Crippen molar-refractivity contribution < 1.29 is 21.6 Å². The van der Waals surface area contributed by atoms with Crippen LogP contribution in [0.2, 0.25) is 0 Å². The molecule has 3 aromatic rings. The second-order valence-electron chi connectivity index (χ2n) is 5.24. The number of rotatable bonds is 4. The third kappa shape index (κ3) is 3.66. The molecule has 0 saturated carbocycles. The van der Waals surface area contributed by atoms with Gasteiger partial charge in [-0.3, -0.25) is 4.72 Å². The average Bonchev–Trinajstić information content (AvgIpc) is 2.59. The molecule has 0 fully saturated rings. The Bertz CT molecular complexity index is 1000. The molecule has 0 bridgehead atoms. The van der Waals surface area contributed by atoms with Crippen LogP contribution >= 0.6 is 0 Å². The average molecular weight is 363 g/mol. The summed E-state index contributed by atoms with van der Waals surface area (Å²) in [5.41, 5.74) is 0.291. The maximum atomic E-state index is 13.7. The van der Waals surface area contributed by atoms with Gasteiger partial charge in [-0.2, -0.15) is 0 Å². The molecule has 7 heteroatoms. The quantitative estimate of drug-likeness (QED) is 0.738. The molecule has 0 heterocycles. The van der Waals surface area contributed by atoms with Crippen LogP contribution in [0.1, 0.15) is 0 Å². The Morgan fingerprint density at radius 2 is 1.36 bits per heavy atom. The minimum atomic E-state index is -3.99. The summed E-state index contributed by atoms with van der Waals surface area (Å²) < 4.78 is 67.5. The molecule has 25 heavy (non-hydrogen) atoms. The van der Waals surface area contributed by atoms with Crippen LogP contribution in [0.5, 0.6) is 0 Å². The van der Waals surface area contributed by atoms with E-state index >= 15 is 0 Å². The zero-order valence-corrected chi connectivity index (χ0v) is 13.5. The number of nitrogens with one attached hydrogen (secondary N) is 1.